The van der Waals surface area contributed by atoms with Crippen LogP contribution in [0.3, 0.4) is 0 Å². The van der Waals surface area contributed by atoms with E-state index in [4.69, 9.17) is 11.6 Å². The van der Waals surface area contributed by atoms with Gasteiger partial charge in [-0.25, -0.2) is 4.98 Å². The zero-order chi connectivity index (χ0) is 14.4. The van der Waals surface area contributed by atoms with Crippen LogP contribution in [0.15, 0.2) is 36.5 Å². The van der Waals surface area contributed by atoms with E-state index in [-0.39, 0.29) is 12.6 Å². The van der Waals surface area contributed by atoms with Crippen molar-refractivity contribution >= 4 is 23.4 Å². The van der Waals surface area contributed by atoms with E-state index in [2.05, 4.69) is 20.6 Å². The van der Waals surface area contributed by atoms with Gasteiger partial charge in [-0.15, -0.1) is 0 Å². The molecule has 2 rings (SSSR count). The first-order chi connectivity index (χ1) is 9.74. The summed E-state index contributed by atoms with van der Waals surface area (Å²) in [6.07, 6.45) is 1.54. The molecule has 0 amide bonds. The lowest BCUT2D eigenvalue weighted by Gasteiger charge is -2.18. The second-order valence-electron chi connectivity index (χ2n) is 4.21. The minimum atomic E-state index is -0.266. The SMILES string of the molecule is CCNc1ncc(Cl)c(NC(CO)c2ccccc2)n1. The number of benzene rings is 1. The van der Waals surface area contributed by atoms with Crippen molar-refractivity contribution in [2.45, 2.75) is 13.0 Å². The lowest BCUT2D eigenvalue weighted by molar-refractivity contribution is 0.276. The summed E-state index contributed by atoms with van der Waals surface area (Å²) in [5.74, 6) is 1.00. The van der Waals surface area contributed by atoms with Gasteiger partial charge in [-0.2, -0.15) is 4.98 Å². The lowest BCUT2D eigenvalue weighted by atomic mass is 10.1. The first-order valence-electron chi connectivity index (χ1n) is 6.43. The van der Waals surface area contributed by atoms with Gasteiger partial charge in [-0.1, -0.05) is 41.9 Å². The number of hydrogen-bond donors (Lipinski definition) is 3. The molecule has 1 heterocycles. The Morgan fingerprint density at radius 2 is 2.05 bits per heavy atom. The molecule has 0 fully saturated rings. The van der Waals surface area contributed by atoms with Gasteiger partial charge in [-0.05, 0) is 12.5 Å². The van der Waals surface area contributed by atoms with E-state index in [9.17, 15) is 5.11 Å². The minimum Gasteiger partial charge on any atom is -0.394 e. The van der Waals surface area contributed by atoms with E-state index < -0.39 is 0 Å². The Balaban J connectivity index is 2.21. The Hall–Kier alpha value is -1.85. The molecule has 0 aliphatic heterocycles. The Kier molecular flexibility index (Phi) is 5.15. The van der Waals surface area contributed by atoms with E-state index in [1.54, 1.807) is 0 Å². The number of halogens is 1. The fourth-order valence-corrected chi connectivity index (χ4v) is 1.94. The van der Waals surface area contributed by atoms with E-state index in [0.717, 1.165) is 12.1 Å². The highest BCUT2D eigenvalue weighted by Gasteiger charge is 2.13. The number of nitrogens with one attached hydrogen (secondary N) is 2. The predicted molar refractivity (Wildman–Crippen MR) is 81.1 cm³/mol. The second kappa shape index (κ2) is 7.07. The molecule has 2 aromatic rings. The third-order valence-electron chi connectivity index (χ3n) is 2.77. The van der Waals surface area contributed by atoms with Crippen LogP contribution < -0.4 is 10.6 Å². The summed E-state index contributed by atoms with van der Waals surface area (Å²) < 4.78 is 0. The van der Waals surface area contributed by atoms with Gasteiger partial charge in [0.15, 0.2) is 5.82 Å². The van der Waals surface area contributed by atoms with Crippen LogP contribution in [0.1, 0.15) is 18.5 Å². The van der Waals surface area contributed by atoms with Crippen LogP contribution in [-0.4, -0.2) is 28.2 Å². The second-order valence-corrected chi connectivity index (χ2v) is 4.62. The number of aliphatic hydroxyl groups is 1. The molecule has 0 aliphatic rings. The summed E-state index contributed by atoms with van der Waals surface area (Å²) in [5, 5.41) is 16.1. The molecular formula is C14H17ClN4O. The molecule has 5 nitrogen and oxygen atoms in total. The summed E-state index contributed by atoms with van der Waals surface area (Å²) in [6, 6.07) is 9.39. The molecule has 106 valence electrons. The molecule has 3 N–H and O–H groups in total. The number of anilines is 2. The molecule has 0 saturated carbocycles. The molecule has 0 saturated heterocycles. The molecule has 1 aromatic heterocycles. The monoisotopic (exact) mass is 292 g/mol. The maximum atomic E-state index is 9.54. The van der Waals surface area contributed by atoms with Gasteiger partial charge in [0.05, 0.1) is 18.8 Å². The fourth-order valence-electron chi connectivity index (χ4n) is 1.80. The van der Waals surface area contributed by atoms with Crippen LogP contribution in [0, 0.1) is 0 Å². The largest absolute Gasteiger partial charge is 0.394 e. The van der Waals surface area contributed by atoms with Crippen LogP contribution in [-0.2, 0) is 0 Å². The van der Waals surface area contributed by atoms with Crippen LogP contribution in [0.2, 0.25) is 5.02 Å². The summed E-state index contributed by atoms with van der Waals surface area (Å²) in [7, 11) is 0. The number of aromatic nitrogens is 2. The van der Waals surface area contributed by atoms with E-state index in [1.165, 1.54) is 6.20 Å². The number of rotatable bonds is 6. The van der Waals surface area contributed by atoms with Crippen molar-refractivity contribution in [2.24, 2.45) is 0 Å². The molecule has 1 unspecified atom stereocenters. The van der Waals surface area contributed by atoms with Gasteiger partial charge < -0.3 is 15.7 Å². The minimum absolute atomic E-state index is 0.0547. The zero-order valence-corrected chi connectivity index (χ0v) is 11.9. The molecule has 0 bridgehead atoms. The molecule has 6 heteroatoms. The Bertz CT molecular complexity index is 550. The molecular weight excluding hydrogens is 276 g/mol. The number of nitrogens with zero attached hydrogens (tertiary/aromatic N) is 2. The molecule has 0 spiro atoms. The van der Waals surface area contributed by atoms with E-state index in [1.807, 2.05) is 37.3 Å². The highest BCUT2D eigenvalue weighted by atomic mass is 35.5. The smallest absolute Gasteiger partial charge is 0.224 e. The average molecular weight is 293 g/mol. The predicted octanol–water partition coefficient (Wildman–Crippen LogP) is 2.71. The Morgan fingerprint density at radius 3 is 2.70 bits per heavy atom. The normalized spacial score (nSPS) is 11.9. The van der Waals surface area contributed by atoms with Crippen molar-refractivity contribution in [3.05, 3.63) is 47.1 Å². The highest BCUT2D eigenvalue weighted by molar-refractivity contribution is 6.32. The van der Waals surface area contributed by atoms with Gasteiger partial charge in [0.1, 0.15) is 5.02 Å². The van der Waals surface area contributed by atoms with Crippen LogP contribution >= 0.6 is 11.6 Å². The number of hydrogen-bond acceptors (Lipinski definition) is 5. The number of aliphatic hydroxyl groups excluding tert-OH is 1. The van der Waals surface area contributed by atoms with Crippen molar-refractivity contribution in [1.82, 2.24) is 9.97 Å². The van der Waals surface area contributed by atoms with E-state index in [0.29, 0.717) is 16.8 Å². The Morgan fingerprint density at radius 1 is 1.30 bits per heavy atom. The molecule has 0 radical (unpaired) electrons. The highest BCUT2D eigenvalue weighted by Crippen LogP contribution is 2.24. The van der Waals surface area contributed by atoms with Crippen molar-refractivity contribution in [3.8, 4) is 0 Å². The average Bonchev–Trinajstić information content (AvgIpc) is 2.49. The maximum Gasteiger partial charge on any atom is 0.224 e. The molecule has 1 aromatic carbocycles. The topological polar surface area (TPSA) is 70.1 Å². The standard InChI is InChI=1S/C14H17ClN4O/c1-2-16-14-17-8-11(15)13(19-14)18-12(9-20)10-6-4-3-5-7-10/h3-8,12,20H,2,9H2,1H3,(H2,16,17,18,19). The zero-order valence-electron chi connectivity index (χ0n) is 11.2. The molecule has 1 atom stereocenters. The van der Waals surface area contributed by atoms with Crippen molar-refractivity contribution in [1.29, 1.82) is 0 Å². The van der Waals surface area contributed by atoms with Gasteiger partial charge >= 0.3 is 0 Å². The van der Waals surface area contributed by atoms with Gasteiger partial charge in [-0.3, -0.25) is 0 Å². The van der Waals surface area contributed by atoms with Crippen molar-refractivity contribution in [2.75, 3.05) is 23.8 Å². The van der Waals surface area contributed by atoms with Crippen LogP contribution in [0.5, 0.6) is 0 Å². The molecule has 20 heavy (non-hydrogen) atoms. The summed E-state index contributed by atoms with van der Waals surface area (Å²) in [6.45, 7) is 2.63. The summed E-state index contributed by atoms with van der Waals surface area (Å²) in [5.41, 5.74) is 0.967. The Labute approximate surface area is 123 Å². The summed E-state index contributed by atoms with van der Waals surface area (Å²) in [4.78, 5) is 8.38. The first kappa shape index (κ1) is 14.6. The van der Waals surface area contributed by atoms with Gasteiger partial charge in [0.25, 0.3) is 0 Å². The van der Waals surface area contributed by atoms with Gasteiger partial charge in [0, 0.05) is 6.54 Å². The third kappa shape index (κ3) is 3.59. The van der Waals surface area contributed by atoms with Crippen LogP contribution in [0.4, 0.5) is 11.8 Å². The third-order valence-corrected chi connectivity index (χ3v) is 3.05. The summed E-state index contributed by atoms with van der Waals surface area (Å²) >= 11 is 6.09. The first-order valence-corrected chi connectivity index (χ1v) is 6.81. The fraction of sp³-hybridized carbons (Fsp3) is 0.286. The van der Waals surface area contributed by atoms with Crippen molar-refractivity contribution < 1.29 is 5.11 Å². The molecule has 0 aliphatic carbocycles. The lowest BCUT2D eigenvalue weighted by Crippen LogP contribution is -2.16. The maximum absolute atomic E-state index is 9.54. The van der Waals surface area contributed by atoms with Crippen LogP contribution in [0.25, 0.3) is 0 Å². The van der Waals surface area contributed by atoms with E-state index >= 15 is 0 Å². The van der Waals surface area contributed by atoms with Crippen molar-refractivity contribution in [3.63, 3.8) is 0 Å². The quantitative estimate of drug-likeness (QED) is 0.764. The van der Waals surface area contributed by atoms with Gasteiger partial charge in [0.2, 0.25) is 5.95 Å².